The van der Waals surface area contributed by atoms with E-state index in [0.717, 1.165) is 53.5 Å². The normalized spacial score (nSPS) is 15.1. The zero-order valence-corrected chi connectivity index (χ0v) is 20.2. The van der Waals surface area contributed by atoms with Crippen molar-refractivity contribution in [3.8, 4) is 0 Å². The van der Waals surface area contributed by atoms with Gasteiger partial charge >= 0.3 is 0 Å². The van der Waals surface area contributed by atoms with E-state index >= 15 is 0 Å². The number of sulfonamides is 1. The first kappa shape index (κ1) is 23.5. The molecule has 3 aromatic rings. The zero-order chi connectivity index (χ0) is 23.4. The highest BCUT2D eigenvalue weighted by Gasteiger charge is 2.25. The summed E-state index contributed by atoms with van der Waals surface area (Å²) >= 11 is 0. The third-order valence-electron chi connectivity index (χ3n) is 6.43. The minimum atomic E-state index is -3.43. The minimum Gasteiger partial charge on any atom is -0.461 e. The van der Waals surface area contributed by atoms with Gasteiger partial charge < -0.3 is 9.32 Å². The molecular weight excluding hydrogens is 436 g/mol. The molecule has 1 aromatic heterocycles. The highest BCUT2D eigenvalue weighted by molar-refractivity contribution is 7.89. The third-order valence-corrected chi connectivity index (χ3v) is 8.34. The van der Waals surface area contributed by atoms with Gasteiger partial charge in [-0.3, -0.25) is 4.79 Å². The first-order chi connectivity index (χ1) is 15.9. The molecule has 0 unspecified atom stereocenters. The van der Waals surface area contributed by atoms with Gasteiger partial charge in [-0.25, -0.2) is 8.42 Å². The summed E-state index contributed by atoms with van der Waals surface area (Å²) in [6.45, 7) is 3.75. The number of aryl methyl sites for hydroxylation is 2. The van der Waals surface area contributed by atoms with Crippen molar-refractivity contribution in [3.63, 3.8) is 0 Å². The molecule has 6 nitrogen and oxygen atoms in total. The Bertz CT molecular complexity index is 1210. The number of para-hydroxylation sites is 1. The number of nitrogens with zero attached hydrogens (tertiary/aromatic N) is 2. The van der Waals surface area contributed by atoms with Crippen molar-refractivity contribution in [1.29, 1.82) is 0 Å². The first-order valence-electron chi connectivity index (χ1n) is 11.7. The van der Waals surface area contributed by atoms with Crippen molar-refractivity contribution in [2.24, 2.45) is 0 Å². The van der Waals surface area contributed by atoms with Gasteiger partial charge in [0.15, 0.2) is 0 Å². The van der Waals surface area contributed by atoms with E-state index in [-0.39, 0.29) is 5.91 Å². The van der Waals surface area contributed by atoms with E-state index < -0.39 is 10.0 Å². The summed E-state index contributed by atoms with van der Waals surface area (Å²) in [6.07, 6.45) is 4.64. The zero-order valence-electron chi connectivity index (χ0n) is 19.4. The van der Waals surface area contributed by atoms with Crippen molar-refractivity contribution in [3.05, 3.63) is 65.4 Å². The number of carbonyl (C=O) groups is 1. The second-order valence-electron chi connectivity index (χ2n) is 8.71. The molecule has 7 heteroatoms. The Labute approximate surface area is 196 Å². The maximum atomic E-state index is 12.8. The van der Waals surface area contributed by atoms with E-state index in [4.69, 9.17) is 4.42 Å². The van der Waals surface area contributed by atoms with E-state index in [0.29, 0.717) is 37.4 Å². The number of piperidine rings is 1. The number of fused-ring (bicyclic) bond motifs is 1. The van der Waals surface area contributed by atoms with Crippen molar-refractivity contribution in [2.75, 3.05) is 20.1 Å². The smallest absolute Gasteiger partial charge is 0.243 e. The van der Waals surface area contributed by atoms with Crippen LogP contribution in [0.25, 0.3) is 11.0 Å². The monoisotopic (exact) mass is 468 g/mol. The summed E-state index contributed by atoms with van der Waals surface area (Å²) in [5.41, 5.74) is 2.87. The fourth-order valence-electron chi connectivity index (χ4n) is 4.46. The molecule has 1 aliphatic rings. The second kappa shape index (κ2) is 10.1. The average molecular weight is 469 g/mol. The third kappa shape index (κ3) is 5.14. The molecule has 0 spiro atoms. The number of furan rings is 1. The molecule has 0 radical (unpaired) electrons. The molecule has 1 saturated heterocycles. The van der Waals surface area contributed by atoms with Crippen LogP contribution < -0.4 is 0 Å². The van der Waals surface area contributed by atoms with Crippen molar-refractivity contribution < 1.29 is 17.6 Å². The number of amides is 1. The van der Waals surface area contributed by atoms with Crippen LogP contribution in [-0.2, 0) is 34.2 Å². The predicted molar refractivity (Wildman–Crippen MR) is 129 cm³/mol. The Morgan fingerprint density at radius 3 is 2.42 bits per heavy atom. The van der Waals surface area contributed by atoms with Crippen molar-refractivity contribution in [1.82, 2.24) is 9.21 Å². The Morgan fingerprint density at radius 2 is 1.73 bits per heavy atom. The molecule has 0 aliphatic carbocycles. The van der Waals surface area contributed by atoms with Gasteiger partial charge in [-0.1, -0.05) is 43.7 Å². The second-order valence-corrected chi connectivity index (χ2v) is 10.6. The van der Waals surface area contributed by atoms with Gasteiger partial charge in [0.05, 0.1) is 4.90 Å². The van der Waals surface area contributed by atoms with Gasteiger partial charge in [0, 0.05) is 50.5 Å². The Morgan fingerprint density at radius 1 is 1.03 bits per heavy atom. The van der Waals surface area contributed by atoms with Gasteiger partial charge in [-0.05, 0) is 43.0 Å². The average Bonchev–Trinajstić information content (AvgIpc) is 3.20. The number of rotatable bonds is 8. The standard InChI is InChI=1S/C26H32N2O4S/c1-3-24-23(22-9-5-6-10-25(22)32-24)19-27(2)26(29)16-13-20-11-14-21(15-12-20)33(30,31)28-17-7-4-8-18-28/h5-6,9-12,14-15H,3-4,7-8,13,16-19H2,1-2H3. The highest BCUT2D eigenvalue weighted by Crippen LogP contribution is 2.27. The molecule has 33 heavy (non-hydrogen) atoms. The van der Waals surface area contributed by atoms with Crippen molar-refractivity contribution in [2.45, 2.75) is 56.9 Å². The van der Waals surface area contributed by atoms with Gasteiger partial charge in [-0.2, -0.15) is 4.31 Å². The number of benzene rings is 2. The van der Waals surface area contributed by atoms with Gasteiger partial charge in [0.1, 0.15) is 11.3 Å². The molecule has 0 N–H and O–H groups in total. The topological polar surface area (TPSA) is 70.8 Å². The number of carbonyl (C=O) groups excluding carboxylic acids is 1. The number of hydrogen-bond donors (Lipinski definition) is 0. The van der Waals surface area contributed by atoms with Crippen LogP contribution in [0.15, 0.2) is 57.8 Å². The lowest BCUT2D eigenvalue weighted by Crippen LogP contribution is -2.35. The molecule has 2 heterocycles. The van der Waals surface area contributed by atoms with Crippen molar-refractivity contribution >= 4 is 26.9 Å². The molecule has 176 valence electrons. The maximum absolute atomic E-state index is 12.8. The molecular formula is C26H32N2O4S. The Kier molecular flexibility index (Phi) is 7.20. The largest absolute Gasteiger partial charge is 0.461 e. The quantitative estimate of drug-likeness (QED) is 0.478. The number of hydrogen-bond acceptors (Lipinski definition) is 4. The van der Waals surface area contributed by atoms with Crippen LogP contribution >= 0.6 is 0 Å². The Balaban J connectivity index is 1.37. The van der Waals surface area contributed by atoms with Crippen LogP contribution in [0.5, 0.6) is 0 Å². The molecule has 1 fully saturated rings. The summed E-state index contributed by atoms with van der Waals surface area (Å²) in [7, 11) is -1.61. The molecule has 1 amide bonds. The maximum Gasteiger partial charge on any atom is 0.243 e. The van der Waals surface area contributed by atoms with Gasteiger partial charge in [0.2, 0.25) is 15.9 Å². The Hall–Kier alpha value is -2.64. The van der Waals surface area contributed by atoms with E-state index in [1.807, 2.05) is 43.4 Å². The van der Waals surface area contributed by atoms with E-state index in [1.54, 1.807) is 21.3 Å². The molecule has 0 atom stereocenters. The minimum absolute atomic E-state index is 0.0485. The van der Waals surface area contributed by atoms with Crippen LogP contribution in [0, 0.1) is 0 Å². The van der Waals surface area contributed by atoms with Gasteiger partial charge in [0.25, 0.3) is 0 Å². The fourth-order valence-corrected chi connectivity index (χ4v) is 5.98. The molecule has 0 bridgehead atoms. The molecule has 1 aliphatic heterocycles. The summed E-state index contributed by atoms with van der Waals surface area (Å²) in [5.74, 6) is 0.966. The fraction of sp³-hybridized carbons (Fsp3) is 0.423. The summed E-state index contributed by atoms with van der Waals surface area (Å²) < 4.78 is 33.1. The lowest BCUT2D eigenvalue weighted by atomic mass is 10.1. The van der Waals surface area contributed by atoms with Crippen LogP contribution in [-0.4, -0.2) is 43.7 Å². The lowest BCUT2D eigenvalue weighted by Gasteiger charge is -2.25. The first-order valence-corrected chi connectivity index (χ1v) is 13.2. The van der Waals surface area contributed by atoms with Crippen LogP contribution in [0.1, 0.15) is 49.5 Å². The van der Waals surface area contributed by atoms with Gasteiger partial charge in [-0.15, -0.1) is 0 Å². The molecule has 2 aromatic carbocycles. The van der Waals surface area contributed by atoms with Crippen LogP contribution in [0.4, 0.5) is 0 Å². The van der Waals surface area contributed by atoms with E-state index in [2.05, 4.69) is 6.92 Å². The molecule has 0 saturated carbocycles. The lowest BCUT2D eigenvalue weighted by molar-refractivity contribution is -0.130. The summed E-state index contributed by atoms with van der Waals surface area (Å²) in [4.78, 5) is 14.9. The summed E-state index contributed by atoms with van der Waals surface area (Å²) in [5, 5.41) is 1.06. The highest BCUT2D eigenvalue weighted by atomic mass is 32.2. The summed E-state index contributed by atoms with van der Waals surface area (Å²) in [6, 6.07) is 14.9. The predicted octanol–water partition coefficient (Wildman–Crippen LogP) is 4.76. The van der Waals surface area contributed by atoms with E-state index in [9.17, 15) is 13.2 Å². The van der Waals surface area contributed by atoms with E-state index in [1.165, 1.54) is 0 Å². The van der Waals surface area contributed by atoms with Crippen LogP contribution in [0.2, 0.25) is 0 Å². The SMILES string of the molecule is CCc1oc2ccccc2c1CN(C)C(=O)CCc1ccc(S(=O)(=O)N2CCCCC2)cc1. The molecule has 4 rings (SSSR count). The van der Waals surface area contributed by atoms with Crippen LogP contribution in [0.3, 0.4) is 0 Å².